The lowest BCUT2D eigenvalue weighted by Crippen LogP contribution is -2.26. The molecule has 1 rings (SSSR count). The molecule has 0 spiro atoms. The van der Waals surface area contributed by atoms with Crippen molar-refractivity contribution < 1.29 is 4.39 Å². The molecule has 1 N–H and O–H groups in total. The van der Waals surface area contributed by atoms with Gasteiger partial charge in [0.05, 0.1) is 0 Å². The molecule has 1 aromatic carbocycles. The standard InChI is InChI=1S/C11H17FN2/c1-14(2)8-7-13-9-10-3-5-11(12)6-4-10/h3-6,13H,7-9H2,1-2H3. The first-order chi connectivity index (χ1) is 6.68. The fourth-order valence-electron chi connectivity index (χ4n) is 1.14. The molecule has 0 saturated carbocycles. The molecule has 3 heteroatoms. The van der Waals surface area contributed by atoms with Crippen LogP contribution in [0.2, 0.25) is 0 Å². The van der Waals surface area contributed by atoms with Crippen LogP contribution in [0.1, 0.15) is 5.56 Å². The third kappa shape index (κ3) is 4.35. The van der Waals surface area contributed by atoms with E-state index in [1.54, 1.807) is 12.1 Å². The molecule has 0 heterocycles. The smallest absolute Gasteiger partial charge is 0.123 e. The van der Waals surface area contributed by atoms with Crippen LogP contribution in [0.15, 0.2) is 24.3 Å². The van der Waals surface area contributed by atoms with Crippen LogP contribution in [0, 0.1) is 5.82 Å². The first kappa shape index (κ1) is 11.1. The highest BCUT2D eigenvalue weighted by molar-refractivity contribution is 5.15. The molecule has 14 heavy (non-hydrogen) atoms. The van der Waals surface area contributed by atoms with Gasteiger partial charge >= 0.3 is 0 Å². The Hall–Kier alpha value is -0.930. The highest BCUT2D eigenvalue weighted by Gasteiger charge is 1.93. The van der Waals surface area contributed by atoms with E-state index < -0.39 is 0 Å². The average Bonchev–Trinajstić information content (AvgIpc) is 2.15. The fraction of sp³-hybridized carbons (Fsp3) is 0.455. The van der Waals surface area contributed by atoms with Gasteiger partial charge in [-0.05, 0) is 31.8 Å². The number of rotatable bonds is 5. The summed E-state index contributed by atoms with van der Waals surface area (Å²) in [6.45, 7) is 2.76. The first-order valence-electron chi connectivity index (χ1n) is 4.78. The predicted octanol–water partition coefficient (Wildman–Crippen LogP) is 1.48. The molecule has 0 aromatic heterocycles. The van der Waals surface area contributed by atoms with Gasteiger partial charge < -0.3 is 10.2 Å². The van der Waals surface area contributed by atoms with Gasteiger partial charge in [0.2, 0.25) is 0 Å². The summed E-state index contributed by atoms with van der Waals surface area (Å²) >= 11 is 0. The van der Waals surface area contributed by atoms with Crippen molar-refractivity contribution in [1.82, 2.24) is 10.2 Å². The Bertz CT molecular complexity index is 256. The minimum absolute atomic E-state index is 0.179. The van der Waals surface area contributed by atoms with E-state index in [0.717, 1.165) is 25.2 Å². The van der Waals surface area contributed by atoms with Crippen LogP contribution < -0.4 is 5.32 Å². The zero-order chi connectivity index (χ0) is 10.4. The lowest BCUT2D eigenvalue weighted by molar-refractivity contribution is 0.400. The Morgan fingerprint density at radius 1 is 1.21 bits per heavy atom. The molecule has 0 saturated heterocycles. The minimum Gasteiger partial charge on any atom is -0.311 e. The van der Waals surface area contributed by atoms with Crippen molar-refractivity contribution in [3.8, 4) is 0 Å². The Morgan fingerprint density at radius 3 is 2.43 bits per heavy atom. The Labute approximate surface area is 84.7 Å². The van der Waals surface area contributed by atoms with Crippen molar-refractivity contribution in [2.75, 3.05) is 27.2 Å². The second kappa shape index (κ2) is 5.73. The van der Waals surface area contributed by atoms with E-state index in [1.807, 2.05) is 14.1 Å². The maximum Gasteiger partial charge on any atom is 0.123 e. The van der Waals surface area contributed by atoms with Crippen LogP contribution in [0.3, 0.4) is 0 Å². The van der Waals surface area contributed by atoms with Crippen molar-refractivity contribution in [2.45, 2.75) is 6.54 Å². The molecule has 0 aliphatic rings. The molecule has 2 nitrogen and oxygen atoms in total. The normalized spacial score (nSPS) is 10.9. The number of halogens is 1. The zero-order valence-electron chi connectivity index (χ0n) is 8.76. The summed E-state index contributed by atoms with van der Waals surface area (Å²) in [6.07, 6.45) is 0. The van der Waals surface area contributed by atoms with Gasteiger partial charge in [0.1, 0.15) is 5.82 Å². The summed E-state index contributed by atoms with van der Waals surface area (Å²) in [5.41, 5.74) is 1.12. The van der Waals surface area contributed by atoms with E-state index in [-0.39, 0.29) is 5.82 Å². The Kier molecular flexibility index (Phi) is 4.56. The number of hydrogen-bond acceptors (Lipinski definition) is 2. The summed E-state index contributed by atoms with van der Waals surface area (Å²) in [7, 11) is 4.08. The minimum atomic E-state index is -0.179. The quantitative estimate of drug-likeness (QED) is 0.718. The van der Waals surface area contributed by atoms with Crippen LogP contribution in [0.5, 0.6) is 0 Å². The van der Waals surface area contributed by atoms with Gasteiger partial charge in [-0.3, -0.25) is 0 Å². The van der Waals surface area contributed by atoms with Gasteiger partial charge in [-0.1, -0.05) is 12.1 Å². The van der Waals surface area contributed by atoms with Crippen LogP contribution in [-0.2, 0) is 6.54 Å². The van der Waals surface area contributed by atoms with Crippen LogP contribution in [-0.4, -0.2) is 32.1 Å². The maximum absolute atomic E-state index is 12.6. The molecule has 0 fully saturated rings. The number of benzene rings is 1. The number of nitrogens with one attached hydrogen (secondary N) is 1. The lowest BCUT2D eigenvalue weighted by Gasteiger charge is -2.10. The summed E-state index contributed by atoms with van der Waals surface area (Å²) in [5, 5.41) is 3.29. The van der Waals surface area contributed by atoms with Gasteiger partial charge in [-0.2, -0.15) is 0 Å². The molecule has 1 aromatic rings. The second-order valence-corrected chi connectivity index (χ2v) is 3.61. The summed E-state index contributed by atoms with van der Waals surface area (Å²) in [5.74, 6) is -0.179. The lowest BCUT2D eigenvalue weighted by atomic mass is 10.2. The summed E-state index contributed by atoms with van der Waals surface area (Å²) in [4.78, 5) is 2.12. The molecule has 0 aliphatic heterocycles. The average molecular weight is 196 g/mol. The van der Waals surface area contributed by atoms with Crippen molar-refractivity contribution in [3.63, 3.8) is 0 Å². The summed E-state index contributed by atoms with van der Waals surface area (Å²) < 4.78 is 12.6. The molecule has 0 amide bonds. The Balaban J connectivity index is 2.21. The number of likely N-dealkylation sites (N-methyl/N-ethyl adjacent to an activating group) is 1. The maximum atomic E-state index is 12.6. The van der Waals surface area contributed by atoms with Crippen molar-refractivity contribution >= 4 is 0 Å². The number of nitrogens with zero attached hydrogens (tertiary/aromatic N) is 1. The highest BCUT2D eigenvalue weighted by atomic mass is 19.1. The molecule has 0 aliphatic carbocycles. The van der Waals surface area contributed by atoms with Crippen molar-refractivity contribution in [2.24, 2.45) is 0 Å². The second-order valence-electron chi connectivity index (χ2n) is 3.61. The van der Waals surface area contributed by atoms with E-state index in [4.69, 9.17) is 0 Å². The van der Waals surface area contributed by atoms with E-state index in [1.165, 1.54) is 12.1 Å². The molecule has 0 atom stereocenters. The van der Waals surface area contributed by atoms with Gasteiger partial charge in [0.15, 0.2) is 0 Å². The highest BCUT2D eigenvalue weighted by Crippen LogP contribution is 2.01. The van der Waals surface area contributed by atoms with Crippen molar-refractivity contribution in [1.29, 1.82) is 0 Å². The summed E-state index contributed by atoms with van der Waals surface area (Å²) in [6, 6.07) is 6.59. The monoisotopic (exact) mass is 196 g/mol. The SMILES string of the molecule is CN(C)CCNCc1ccc(F)cc1. The van der Waals surface area contributed by atoms with Crippen LogP contribution in [0.25, 0.3) is 0 Å². The molecular formula is C11H17FN2. The first-order valence-corrected chi connectivity index (χ1v) is 4.78. The fourth-order valence-corrected chi connectivity index (χ4v) is 1.14. The van der Waals surface area contributed by atoms with Gasteiger partial charge in [-0.15, -0.1) is 0 Å². The van der Waals surface area contributed by atoms with E-state index in [2.05, 4.69) is 10.2 Å². The predicted molar refractivity (Wildman–Crippen MR) is 56.7 cm³/mol. The molecule has 0 bridgehead atoms. The van der Waals surface area contributed by atoms with Gasteiger partial charge in [-0.25, -0.2) is 4.39 Å². The zero-order valence-corrected chi connectivity index (χ0v) is 8.76. The molecule has 0 unspecified atom stereocenters. The van der Waals surface area contributed by atoms with E-state index in [0.29, 0.717) is 0 Å². The topological polar surface area (TPSA) is 15.3 Å². The van der Waals surface area contributed by atoms with Gasteiger partial charge in [0, 0.05) is 19.6 Å². The van der Waals surface area contributed by atoms with E-state index in [9.17, 15) is 4.39 Å². The van der Waals surface area contributed by atoms with Gasteiger partial charge in [0.25, 0.3) is 0 Å². The largest absolute Gasteiger partial charge is 0.311 e. The Morgan fingerprint density at radius 2 is 1.86 bits per heavy atom. The molecular weight excluding hydrogens is 179 g/mol. The van der Waals surface area contributed by atoms with Crippen molar-refractivity contribution in [3.05, 3.63) is 35.6 Å². The molecule has 78 valence electrons. The third-order valence-corrected chi connectivity index (χ3v) is 1.98. The van der Waals surface area contributed by atoms with E-state index >= 15 is 0 Å². The molecule has 0 radical (unpaired) electrons. The number of hydrogen-bond donors (Lipinski definition) is 1. The third-order valence-electron chi connectivity index (χ3n) is 1.98. The van der Waals surface area contributed by atoms with Crippen LogP contribution >= 0.6 is 0 Å². The van der Waals surface area contributed by atoms with Crippen LogP contribution in [0.4, 0.5) is 4.39 Å².